The molecule has 0 unspecified atom stereocenters. The van der Waals surface area contributed by atoms with E-state index in [9.17, 15) is 4.79 Å². The summed E-state index contributed by atoms with van der Waals surface area (Å²) in [7, 11) is 0. The fourth-order valence-corrected chi connectivity index (χ4v) is 1.75. The van der Waals surface area contributed by atoms with E-state index in [-0.39, 0.29) is 12.5 Å². The largest absolute Gasteiger partial charge is 0.395 e. The van der Waals surface area contributed by atoms with Gasteiger partial charge in [0, 0.05) is 30.1 Å². The minimum atomic E-state index is -0.207. The van der Waals surface area contributed by atoms with E-state index >= 15 is 0 Å². The van der Waals surface area contributed by atoms with Gasteiger partial charge in [0.2, 0.25) is 0 Å². The van der Waals surface area contributed by atoms with Crippen LogP contribution in [0.15, 0.2) is 42.7 Å². The molecular weight excluding hydrogens is 264 g/mol. The summed E-state index contributed by atoms with van der Waals surface area (Å²) in [5.41, 5.74) is 3.06. The van der Waals surface area contributed by atoms with Crippen LogP contribution in [0.4, 0.5) is 5.69 Å². The van der Waals surface area contributed by atoms with Crippen LogP contribution in [0.1, 0.15) is 27.9 Å². The van der Waals surface area contributed by atoms with Crippen molar-refractivity contribution in [1.82, 2.24) is 4.98 Å². The third-order valence-electron chi connectivity index (χ3n) is 2.88. The normalized spacial score (nSPS) is 9.62. The Kier molecular flexibility index (Phi) is 5.08. The molecule has 0 saturated carbocycles. The molecule has 0 bridgehead atoms. The number of rotatable bonds is 3. The third kappa shape index (κ3) is 4.16. The van der Waals surface area contributed by atoms with Crippen molar-refractivity contribution in [3.63, 3.8) is 0 Å². The van der Waals surface area contributed by atoms with Crippen molar-refractivity contribution in [2.75, 3.05) is 11.9 Å². The fourth-order valence-electron chi connectivity index (χ4n) is 1.75. The molecule has 2 aromatic rings. The van der Waals surface area contributed by atoms with Crippen LogP contribution in [-0.2, 0) is 0 Å². The molecule has 0 aliphatic carbocycles. The molecule has 1 aromatic heterocycles. The van der Waals surface area contributed by atoms with Gasteiger partial charge in [-0.15, -0.1) is 0 Å². The van der Waals surface area contributed by atoms with Gasteiger partial charge in [0.25, 0.3) is 5.91 Å². The van der Waals surface area contributed by atoms with Gasteiger partial charge in [-0.2, -0.15) is 0 Å². The Bertz CT molecular complexity index is 685. The highest BCUT2D eigenvalue weighted by molar-refractivity contribution is 6.04. The minimum Gasteiger partial charge on any atom is -0.395 e. The monoisotopic (exact) mass is 280 g/mol. The molecule has 1 heterocycles. The predicted octanol–water partition coefficient (Wildman–Crippen LogP) is 2.38. The predicted molar refractivity (Wildman–Crippen MR) is 82.0 cm³/mol. The summed E-state index contributed by atoms with van der Waals surface area (Å²) in [5.74, 6) is 5.67. The molecule has 0 fully saturated rings. The molecule has 1 amide bonds. The van der Waals surface area contributed by atoms with Gasteiger partial charge < -0.3 is 10.4 Å². The summed E-state index contributed by atoms with van der Waals surface area (Å²) in [6.45, 7) is 2.00. The number of nitrogens with zero attached hydrogens (tertiary/aromatic N) is 1. The first kappa shape index (κ1) is 14.8. The minimum absolute atomic E-state index is 0.0451. The zero-order valence-corrected chi connectivity index (χ0v) is 11.8. The van der Waals surface area contributed by atoms with Crippen LogP contribution in [0.5, 0.6) is 0 Å². The molecule has 0 atom stereocenters. The lowest BCUT2D eigenvalue weighted by Gasteiger charge is -2.07. The first-order valence-corrected chi connectivity index (χ1v) is 6.62. The average Bonchev–Trinajstić information content (AvgIpc) is 2.51. The van der Waals surface area contributed by atoms with Gasteiger partial charge in [-0.3, -0.25) is 9.78 Å². The van der Waals surface area contributed by atoms with Crippen molar-refractivity contribution in [3.05, 3.63) is 59.4 Å². The number of hydrogen-bond donors (Lipinski definition) is 2. The zero-order valence-electron chi connectivity index (χ0n) is 11.8. The van der Waals surface area contributed by atoms with Crippen LogP contribution < -0.4 is 5.32 Å². The molecular formula is C17H16N2O2. The maximum absolute atomic E-state index is 12.1. The van der Waals surface area contributed by atoms with Gasteiger partial charge in [0.05, 0.1) is 12.2 Å². The van der Waals surface area contributed by atoms with Crippen molar-refractivity contribution in [3.8, 4) is 11.8 Å². The van der Waals surface area contributed by atoms with E-state index in [0.717, 1.165) is 11.1 Å². The first-order valence-electron chi connectivity index (χ1n) is 6.62. The van der Waals surface area contributed by atoms with Crippen molar-refractivity contribution in [2.24, 2.45) is 0 Å². The first-order chi connectivity index (χ1) is 10.2. The molecule has 0 saturated heterocycles. The Labute approximate surface area is 123 Å². The number of carbonyl (C=O) groups excluding carboxylic acids is 1. The average molecular weight is 280 g/mol. The van der Waals surface area contributed by atoms with E-state index < -0.39 is 0 Å². The number of aliphatic hydroxyl groups excluding tert-OH is 1. The number of pyridine rings is 1. The molecule has 0 radical (unpaired) electrons. The van der Waals surface area contributed by atoms with E-state index in [1.54, 1.807) is 18.3 Å². The molecule has 21 heavy (non-hydrogen) atoms. The van der Waals surface area contributed by atoms with Crippen LogP contribution in [0.25, 0.3) is 0 Å². The van der Waals surface area contributed by atoms with Gasteiger partial charge in [-0.1, -0.05) is 17.9 Å². The van der Waals surface area contributed by atoms with E-state index in [1.165, 1.54) is 6.20 Å². The van der Waals surface area contributed by atoms with Crippen LogP contribution in [0.2, 0.25) is 0 Å². The van der Waals surface area contributed by atoms with E-state index in [4.69, 9.17) is 5.11 Å². The topological polar surface area (TPSA) is 62.2 Å². The summed E-state index contributed by atoms with van der Waals surface area (Å²) < 4.78 is 0. The number of nitrogens with one attached hydrogen (secondary N) is 1. The van der Waals surface area contributed by atoms with Gasteiger partial charge >= 0.3 is 0 Å². The smallest absolute Gasteiger partial charge is 0.257 e. The molecule has 0 aliphatic rings. The number of aryl methyl sites for hydroxylation is 1. The SMILES string of the molecule is Cc1ccc(NC(=O)c2cccnc2)cc1C#CCCO. The second kappa shape index (κ2) is 7.22. The van der Waals surface area contributed by atoms with Crippen LogP contribution in [0.3, 0.4) is 0 Å². The lowest BCUT2D eigenvalue weighted by atomic mass is 10.1. The number of carbonyl (C=O) groups is 1. The summed E-state index contributed by atoms with van der Waals surface area (Å²) in [6, 6.07) is 8.99. The Morgan fingerprint density at radius 2 is 2.24 bits per heavy atom. The maximum atomic E-state index is 12.1. The van der Waals surface area contributed by atoms with Crippen LogP contribution in [0, 0.1) is 18.8 Å². The number of aromatic nitrogens is 1. The Hall–Kier alpha value is -2.64. The summed E-state index contributed by atoms with van der Waals surface area (Å²) >= 11 is 0. The molecule has 2 rings (SSSR count). The quantitative estimate of drug-likeness (QED) is 0.849. The number of anilines is 1. The Morgan fingerprint density at radius 3 is 2.95 bits per heavy atom. The fraction of sp³-hybridized carbons (Fsp3) is 0.176. The summed E-state index contributed by atoms with van der Waals surface area (Å²) in [4.78, 5) is 16.0. The van der Waals surface area contributed by atoms with Gasteiger partial charge in [0.1, 0.15) is 0 Å². The lowest BCUT2D eigenvalue weighted by Crippen LogP contribution is -2.12. The zero-order chi connectivity index (χ0) is 15.1. The molecule has 106 valence electrons. The summed E-state index contributed by atoms with van der Waals surface area (Å²) in [6.07, 6.45) is 3.58. The molecule has 4 heteroatoms. The maximum Gasteiger partial charge on any atom is 0.257 e. The van der Waals surface area contributed by atoms with E-state index in [1.807, 2.05) is 25.1 Å². The standard InChI is InChI=1S/C17H16N2O2/c1-13-7-8-16(11-14(13)5-2-3-10-20)19-17(21)15-6-4-9-18-12-15/h4,6-9,11-12,20H,3,10H2,1H3,(H,19,21). The van der Waals surface area contributed by atoms with Crippen LogP contribution >= 0.6 is 0 Å². The van der Waals surface area contributed by atoms with Crippen molar-refractivity contribution in [1.29, 1.82) is 0 Å². The van der Waals surface area contributed by atoms with Crippen LogP contribution in [-0.4, -0.2) is 22.6 Å². The highest BCUT2D eigenvalue weighted by atomic mass is 16.2. The summed E-state index contributed by atoms with van der Waals surface area (Å²) in [5, 5.41) is 11.6. The Balaban J connectivity index is 2.16. The van der Waals surface area contributed by atoms with Crippen molar-refractivity contribution >= 4 is 11.6 Å². The van der Waals surface area contributed by atoms with Gasteiger partial charge in [-0.05, 0) is 36.8 Å². The number of hydrogen-bond acceptors (Lipinski definition) is 3. The third-order valence-corrected chi connectivity index (χ3v) is 2.88. The molecule has 0 spiro atoms. The van der Waals surface area contributed by atoms with Crippen molar-refractivity contribution < 1.29 is 9.90 Å². The highest BCUT2D eigenvalue weighted by Crippen LogP contribution is 2.15. The lowest BCUT2D eigenvalue weighted by molar-refractivity contribution is 0.102. The molecule has 1 aromatic carbocycles. The Morgan fingerprint density at radius 1 is 1.38 bits per heavy atom. The number of amides is 1. The van der Waals surface area contributed by atoms with Gasteiger partial charge in [-0.25, -0.2) is 0 Å². The highest BCUT2D eigenvalue weighted by Gasteiger charge is 2.06. The molecule has 2 N–H and O–H groups in total. The van der Waals surface area contributed by atoms with E-state index in [0.29, 0.717) is 17.7 Å². The molecule has 4 nitrogen and oxygen atoms in total. The second-order valence-electron chi connectivity index (χ2n) is 4.50. The number of aliphatic hydroxyl groups is 1. The van der Waals surface area contributed by atoms with E-state index in [2.05, 4.69) is 22.1 Å². The van der Waals surface area contributed by atoms with Gasteiger partial charge in [0.15, 0.2) is 0 Å². The second-order valence-corrected chi connectivity index (χ2v) is 4.50. The molecule has 0 aliphatic heterocycles. The van der Waals surface area contributed by atoms with Crippen molar-refractivity contribution in [2.45, 2.75) is 13.3 Å². The number of benzene rings is 1.